The molecule has 0 fully saturated rings. The number of hydrogen-bond donors (Lipinski definition) is 1. The molecule has 0 amide bonds. The van der Waals surface area contributed by atoms with Crippen LogP contribution in [0.4, 0.5) is 13.2 Å². The second-order valence-electron chi connectivity index (χ2n) is 1.50. The highest BCUT2D eigenvalue weighted by molar-refractivity contribution is 4.89. The smallest absolute Gasteiger partial charge is 0.316 e. The highest BCUT2D eigenvalue weighted by Gasteiger charge is 2.21. The summed E-state index contributed by atoms with van der Waals surface area (Å²) in [6.45, 7) is 0.250. The number of alkyl halides is 3. The molecule has 0 unspecified atom stereocenters. The van der Waals surface area contributed by atoms with Gasteiger partial charge in [0.15, 0.2) is 0 Å². The summed E-state index contributed by atoms with van der Waals surface area (Å²) in [6, 6.07) is 0. The lowest BCUT2D eigenvalue weighted by Gasteiger charge is -1.95. The Morgan fingerprint density at radius 3 is 2.33 bits per heavy atom. The van der Waals surface area contributed by atoms with Crippen LogP contribution in [0.5, 0.6) is 0 Å². The van der Waals surface area contributed by atoms with Gasteiger partial charge in [-0.2, -0.15) is 13.2 Å². The second kappa shape index (κ2) is 3.50. The summed E-state index contributed by atoms with van der Waals surface area (Å²) in [5, 5.41) is 2.55. The van der Waals surface area contributed by atoms with E-state index in [9.17, 15) is 13.2 Å². The number of allylic oxidation sites excluding steroid dienone is 1. The number of likely N-dealkylation sites (N-methyl/N-ethyl adjacent to an activating group) is 1. The normalized spacial score (nSPS) is 12.9. The first-order chi connectivity index (χ1) is 4.06. The summed E-state index contributed by atoms with van der Waals surface area (Å²) in [4.78, 5) is 0. The summed E-state index contributed by atoms with van der Waals surface area (Å²) in [5.41, 5.74) is 0. The molecule has 4 heteroatoms. The van der Waals surface area contributed by atoms with Crippen LogP contribution in [0.2, 0.25) is 0 Å². The van der Waals surface area contributed by atoms with Gasteiger partial charge < -0.3 is 5.32 Å². The molecule has 0 heterocycles. The second-order valence-corrected chi connectivity index (χ2v) is 1.50. The Morgan fingerprint density at radius 2 is 2.00 bits per heavy atom. The number of halogens is 3. The van der Waals surface area contributed by atoms with Gasteiger partial charge in [0.2, 0.25) is 0 Å². The standard InChI is InChI=1S/C5H8F3N/c1-9-4-2-3-5(6,7)8/h2-3,9H,4H2,1H3/b3-2+. The van der Waals surface area contributed by atoms with Crippen LogP contribution in [0.25, 0.3) is 0 Å². The van der Waals surface area contributed by atoms with Crippen LogP contribution in [0, 0.1) is 0 Å². The molecule has 1 nitrogen and oxygen atoms in total. The minimum Gasteiger partial charge on any atom is -0.316 e. The van der Waals surface area contributed by atoms with Gasteiger partial charge in [-0.05, 0) is 7.05 Å². The SMILES string of the molecule is CNC/C=C/C(F)(F)F. The quantitative estimate of drug-likeness (QED) is 0.569. The van der Waals surface area contributed by atoms with Crippen molar-refractivity contribution >= 4 is 0 Å². The zero-order valence-electron chi connectivity index (χ0n) is 5.00. The van der Waals surface area contributed by atoms with E-state index in [1.54, 1.807) is 7.05 Å². The number of hydrogen-bond acceptors (Lipinski definition) is 1. The van der Waals surface area contributed by atoms with Crippen molar-refractivity contribution in [3.8, 4) is 0 Å². The Labute approximate surface area is 51.6 Å². The average Bonchev–Trinajstić information content (AvgIpc) is 1.63. The summed E-state index contributed by atoms with van der Waals surface area (Å²) in [5.74, 6) is 0. The molecule has 0 saturated carbocycles. The minimum atomic E-state index is -4.17. The van der Waals surface area contributed by atoms with Crippen LogP contribution in [0.1, 0.15) is 0 Å². The molecule has 0 aliphatic rings. The van der Waals surface area contributed by atoms with Crippen LogP contribution < -0.4 is 5.32 Å². The summed E-state index contributed by atoms with van der Waals surface area (Å²) < 4.78 is 33.8. The third-order valence-electron chi connectivity index (χ3n) is 0.629. The van der Waals surface area contributed by atoms with Gasteiger partial charge in [-0.15, -0.1) is 0 Å². The molecule has 0 aromatic carbocycles. The van der Waals surface area contributed by atoms with E-state index >= 15 is 0 Å². The average molecular weight is 139 g/mol. The van der Waals surface area contributed by atoms with E-state index in [2.05, 4.69) is 5.32 Å². The van der Waals surface area contributed by atoms with Gasteiger partial charge in [0, 0.05) is 12.6 Å². The van der Waals surface area contributed by atoms with E-state index < -0.39 is 6.18 Å². The predicted molar refractivity (Wildman–Crippen MR) is 29.1 cm³/mol. The largest absolute Gasteiger partial charge is 0.409 e. The van der Waals surface area contributed by atoms with Crippen molar-refractivity contribution in [3.05, 3.63) is 12.2 Å². The van der Waals surface area contributed by atoms with Gasteiger partial charge in [0.1, 0.15) is 0 Å². The third-order valence-corrected chi connectivity index (χ3v) is 0.629. The Kier molecular flexibility index (Phi) is 3.30. The van der Waals surface area contributed by atoms with Gasteiger partial charge in [-0.1, -0.05) is 6.08 Å². The topological polar surface area (TPSA) is 12.0 Å². The van der Waals surface area contributed by atoms with E-state index in [4.69, 9.17) is 0 Å². The Hall–Kier alpha value is -0.510. The van der Waals surface area contributed by atoms with Crippen molar-refractivity contribution < 1.29 is 13.2 Å². The molecule has 54 valence electrons. The van der Waals surface area contributed by atoms with Gasteiger partial charge in [0.25, 0.3) is 0 Å². The summed E-state index contributed by atoms with van der Waals surface area (Å²) in [7, 11) is 1.58. The zero-order valence-corrected chi connectivity index (χ0v) is 5.00. The Bertz CT molecular complexity index is 94.9. The molecule has 0 atom stereocenters. The van der Waals surface area contributed by atoms with Crippen molar-refractivity contribution in [1.29, 1.82) is 0 Å². The maximum atomic E-state index is 11.3. The van der Waals surface area contributed by atoms with Gasteiger partial charge in [-0.3, -0.25) is 0 Å². The molecule has 0 spiro atoms. The molecular formula is C5H8F3N. The lowest BCUT2D eigenvalue weighted by Crippen LogP contribution is -2.07. The van der Waals surface area contributed by atoms with Crippen molar-refractivity contribution in [1.82, 2.24) is 5.32 Å². The first-order valence-corrected chi connectivity index (χ1v) is 2.45. The van der Waals surface area contributed by atoms with Gasteiger partial charge >= 0.3 is 6.18 Å². The first-order valence-electron chi connectivity index (χ1n) is 2.45. The summed E-state index contributed by atoms with van der Waals surface area (Å²) in [6.07, 6.45) is -2.93. The van der Waals surface area contributed by atoms with Crippen molar-refractivity contribution in [2.75, 3.05) is 13.6 Å². The fourth-order valence-electron chi connectivity index (χ4n) is 0.310. The van der Waals surface area contributed by atoms with Crippen molar-refractivity contribution in [3.63, 3.8) is 0 Å². The van der Waals surface area contributed by atoms with E-state index in [0.29, 0.717) is 0 Å². The molecule has 0 aliphatic heterocycles. The van der Waals surface area contributed by atoms with E-state index in [1.165, 1.54) is 0 Å². The molecule has 9 heavy (non-hydrogen) atoms. The molecule has 0 aromatic rings. The van der Waals surface area contributed by atoms with Crippen molar-refractivity contribution in [2.45, 2.75) is 6.18 Å². The molecule has 0 radical (unpaired) electrons. The van der Waals surface area contributed by atoms with E-state index in [0.717, 1.165) is 6.08 Å². The van der Waals surface area contributed by atoms with Gasteiger partial charge in [0.05, 0.1) is 0 Å². The number of rotatable bonds is 2. The Morgan fingerprint density at radius 1 is 1.44 bits per heavy atom. The van der Waals surface area contributed by atoms with Crippen LogP contribution in [0.3, 0.4) is 0 Å². The van der Waals surface area contributed by atoms with Crippen LogP contribution in [0.15, 0.2) is 12.2 Å². The molecule has 1 N–H and O–H groups in total. The van der Waals surface area contributed by atoms with E-state index in [-0.39, 0.29) is 12.6 Å². The lowest BCUT2D eigenvalue weighted by atomic mass is 10.5. The molecular weight excluding hydrogens is 131 g/mol. The predicted octanol–water partition coefficient (Wildman–Crippen LogP) is 1.32. The molecule has 0 rings (SSSR count). The molecule has 0 bridgehead atoms. The minimum absolute atomic E-state index is 0.212. The highest BCUT2D eigenvalue weighted by atomic mass is 19.4. The monoisotopic (exact) mass is 139 g/mol. The van der Waals surface area contributed by atoms with Gasteiger partial charge in [-0.25, -0.2) is 0 Å². The molecule has 0 aromatic heterocycles. The van der Waals surface area contributed by atoms with Crippen LogP contribution in [-0.4, -0.2) is 19.8 Å². The number of nitrogens with one attached hydrogen (secondary N) is 1. The zero-order chi connectivity index (χ0) is 7.33. The molecule has 0 aliphatic carbocycles. The fraction of sp³-hybridized carbons (Fsp3) is 0.600. The van der Waals surface area contributed by atoms with Crippen LogP contribution >= 0.6 is 0 Å². The first kappa shape index (κ1) is 8.49. The van der Waals surface area contributed by atoms with E-state index in [1.807, 2.05) is 0 Å². The lowest BCUT2D eigenvalue weighted by molar-refractivity contribution is -0.0799. The summed E-state index contributed by atoms with van der Waals surface area (Å²) >= 11 is 0. The molecule has 0 saturated heterocycles. The van der Waals surface area contributed by atoms with Crippen LogP contribution in [-0.2, 0) is 0 Å². The van der Waals surface area contributed by atoms with Crippen molar-refractivity contribution in [2.24, 2.45) is 0 Å². The maximum Gasteiger partial charge on any atom is 0.409 e. The maximum absolute atomic E-state index is 11.3. The highest BCUT2D eigenvalue weighted by Crippen LogP contribution is 2.15. The third kappa shape index (κ3) is 7.49. The fourth-order valence-corrected chi connectivity index (χ4v) is 0.310. The Balaban J connectivity index is 3.45.